The van der Waals surface area contributed by atoms with E-state index >= 15 is 0 Å². The SMILES string of the molecule is O=C(c1ccc(-c2cnco2)cc1)N(CC1CCOC1)c1ccccc1. The van der Waals surface area contributed by atoms with Crippen molar-refractivity contribution in [1.82, 2.24) is 4.98 Å². The number of hydrogen-bond acceptors (Lipinski definition) is 4. The number of ether oxygens (including phenoxy) is 1. The van der Waals surface area contributed by atoms with Crippen LogP contribution in [0, 0.1) is 5.92 Å². The highest BCUT2D eigenvalue weighted by Gasteiger charge is 2.24. The molecule has 1 aliphatic rings. The first kappa shape index (κ1) is 16.5. The third kappa shape index (κ3) is 3.53. The van der Waals surface area contributed by atoms with Gasteiger partial charge in [0.1, 0.15) is 0 Å². The van der Waals surface area contributed by atoms with Gasteiger partial charge in [-0.2, -0.15) is 0 Å². The number of carbonyl (C=O) groups is 1. The Morgan fingerprint density at radius 3 is 2.58 bits per heavy atom. The highest BCUT2D eigenvalue weighted by molar-refractivity contribution is 6.06. The van der Waals surface area contributed by atoms with Gasteiger partial charge >= 0.3 is 0 Å². The van der Waals surface area contributed by atoms with E-state index in [0.717, 1.165) is 24.3 Å². The quantitative estimate of drug-likeness (QED) is 0.699. The summed E-state index contributed by atoms with van der Waals surface area (Å²) in [5.41, 5.74) is 2.45. The van der Waals surface area contributed by atoms with Crippen molar-refractivity contribution < 1.29 is 13.9 Å². The summed E-state index contributed by atoms with van der Waals surface area (Å²) in [7, 11) is 0. The predicted octanol–water partition coefficient (Wildman–Crippen LogP) is 4.02. The van der Waals surface area contributed by atoms with Crippen molar-refractivity contribution >= 4 is 11.6 Å². The molecule has 3 aromatic rings. The first-order valence-electron chi connectivity index (χ1n) is 8.75. The Morgan fingerprint density at radius 1 is 1.12 bits per heavy atom. The van der Waals surface area contributed by atoms with Gasteiger partial charge in [0.2, 0.25) is 0 Å². The predicted molar refractivity (Wildman–Crippen MR) is 99.0 cm³/mol. The number of carbonyl (C=O) groups excluding carboxylic acids is 1. The van der Waals surface area contributed by atoms with Gasteiger partial charge in [-0.15, -0.1) is 0 Å². The molecule has 2 heterocycles. The van der Waals surface area contributed by atoms with Crippen LogP contribution in [0.4, 0.5) is 5.69 Å². The fourth-order valence-corrected chi connectivity index (χ4v) is 3.19. The van der Waals surface area contributed by atoms with Crippen LogP contribution < -0.4 is 4.90 Å². The Labute approximate surface area is 152 Å². The molecule has 5 nitrogen and oxygen atoms in total. The van der Waals surface area contributed by atoms with Crippen molar-refractivity contribution in [3.8, 4) is 11.3 Å². The molecule has 0 saturated carbocycles. The van der Waals surface area contributed by atoms with Crippen LogP contribution in [0.25, 0.3) is 11.3 Å². The molecule has 1 amide bonds. The zero-order valence-corrected chi connectivity index (χ0v) is 14.4. The van der Waals surface area contributed by atoms with Crippen LogP contribution in [0.1, 0.15) is 16.8 Å². The minimum Gasteiger partial charge on any atom is -0.444 e. The lowest BCUT2D eigenvalue weighted by Crippen LogP contribution is -2.35. The summed E-state index contributed by atoms with van der Waals surface area (Å²) in [5.74, 6) is 1.05. The van der Waals surface area contributed by atoms with E-state index in [1.165, 1.54) is 6.39 Å². The molecule has 0 N–H and O–H groups in total. The van der Waals surface area contributed by atoms with Crippen LogP contribution in [-0.4, -0.2) is 30.6 Å². The van der Waals surface area contributed by atoms with Crippen LogP contribution >= 0.6 is 0 Å². The van der Waals surface area contributed by atoms with Gasteiger partial charge in [-0.05, 0) is 30.7 Å². The zero-order valence-electron chi connectivity index (χ0n) is 14.4. The molecule has 1 atom stereocenters. The Balaban J connectivity index is 1.59. The molecule has 1 fully saturated rings. The second-order valence-corrected chi connectivity index (χ2v) is 6.42. The molecule has 1 unspecified atom stereocenters. The van der Waals surface area contributed by atoms with Gasteiger partial charge in [0, 0.05) is 35.9 Å². The lowest BCUT2D eigenvalue weighted by atomic mass is 10.1. The molecular weight excluding hydrogens is 328 g/mol. The van der Waals surface area contributed by atoms with E-state index in [9.17, 15) is 4.79 Å². The Kier molecular flexibility index (Phi) is 4.80. The van der Waals surface area contributed by atoms with Crippen LogP contribution in [-0.2, 0) is 4.74 Å². The van der Waals surface area contributed by atoms with E-state index in [1.54, 1.807) is 6.20 Å². The van der Waals surface area contributed by atoms with Crippen LogP contribution in [0.15, 0.2) is 71.6 Å². The summed E-state index contributed by atoms with van der Waals surface area (Å²) >= 11 is 0. The topological polar surface area (TPSA) is 55.6 Å². The molecule has 0 spiro atoms. The summed E-state index contributed by atoms with van der Waals surface area (Å²) in [6.07, 6.45) is 4.05. The standard InChI is InChI=1S/C21H20N2O3/c24-21(18-8-6-17(7-9-18)20-12-22-15-26-20)23(13-16-10-11-25-14-16)19-4-2-1-3-5-19/h1-9,12,15-16H,10-11,13-14H2. The molecule has 1 aromatic heterocycles. The minimum atomic E-state index is -0.00720. The second kappa shape index (κ2) is 7.54. The lowest BCUT2D eigenvalue weighted by molar-refractivity contribution is 0.0981. The molecule has 132 valence electrons. The normalized spacial score (nSPS) is 16.5. The smallest absolute Gasteiger partial charge is 0.258 e. The fraction of sp³-hybridized carbons (Fsp3) is 0.238. The van der Waals surface area contributed by atoms with Crippen molar-refractivity contribution in [3.63, 3.8) is 0 Å². The maximum Gasteiger partial charge on any atom is 0.258 e. The van der Waals surface area contributed by atoms with Gasteiger partial charge in [-0.25, -0.2) is 4.98 Å². The van der Waals surface area contributed by atoms with Gasteiger partial charge in [-0.1, -0.05) is 30.3 Å². The van der Waals surface area contributed by atoms with Crippen LogP contribution in [0.5, 0.6) is 0 Å². The Hall–Kier alpha value is -2.92. The number of oxazole rings is 1. The molecule has 0 aliphatic carbocycles. The number of rotatable bonds is 5. The summed E-state index contributed by atoms with van der Waals surface area (Å²) in [6.45, 7) is 2.14. The summed E-state index contributed by atoms with van der Waals surface area (Å²) in [6, 6.07) is 17.2. The van der Waals surface area contributed by atoms with E-state index in [1.807, 2.05) is 59.5 Å². The highest BCUT2D eigenvalue weighted by Crippen LogP contribution is 2.24. The van der Waals surface area contributed by atoms with Gasteiger partial charge in [0.05, 0.1) is 12.8 Å². The van der Waals surface area contributed by atoms with Gasteiger partial charge < -0.3 is 14.1 Å². The van der Waals surface area contributed by atoms with Crippen molar-refractivity contribution in [3.05, 3.63) is 72.8 Å². The molecule has 5 heteroatoms. The van der Waals surface area contributed by atoms with E-state index in [0.29, 0.717) is 30.4 Å². The number of amides is 1. The van der Waals surface area contributed by atoms with Crippen molar-refractivity contribution in [2.75, 3.05) is 24.7 Å². The van der Waals surface area contributed by atoms with Gasteiger partial charge in [0.15, 0.2) is 12.2 Å². The summed E-state index contributed by atoms with van der Waals surface area (Å²) < 4.78 is 10.8. The Morgan fingerprint density at radius 2 is 1.92 bits per heavy atom. The van der Waals surface area contributed by atoms with E-state index < -0.39 is 0 Å². The van der Waals surface area contributed by atoms with Crippen molar-refractivity contribution in [1.29, 1.82) is 0 Å². The molecule has 4 rings (SSSR count). The molecule has 0 radical (unpaired) electrons. The zero-order chi connectivity index (χ0) is 17.8. The van der Waals surface area contributed by atoms with E-state index in [2.05, 4.69) is 4.98 Å². The number of aromatic nitrogens is 1. The molecular formula is C21H20N2O3. The molecule has 1 aliphatic heterocycles. The second-order valence-electron chi connectivity index (χ2n) is 6.42. The summed E-state index contributed by atoms with van der Waals surface area (Å²) in [5, 5.41) is 0. The number of nitrogens with zero attached hydrogens (tertiary/aromatic N) is 2. The molecule has 1 saturated heterocycles. The van der Waals surface area contributed by atoms with E-state index in [-0.39, 0.29) is 5.91 Å². The number of anilines is 1. The molecule has 26 heavy (non-hydrogen) atoms. The number of para-hydroxylation sites is 1. The first-order chi connectivity index (χ1) is 12.8. The lowest BCUT2D eigenvalue weighted by Gasteiger charge is -2.25. The average molecular weight is 348 g/mol. The fourth-order valence-electron chi connectivity index (χ4n) is 3.19. The van der Waals surface area contributed by atoms with Gasteiger partial charge in [0.25, 0.3) is 5.91 Å². The summed E-state index contributed by atoms with van der Waals surface area (Å²) in [4.78, 5) is 19.0. The van der Waals surface area contributed by atoms with Crippen molar-refractivity contribution in [2.24, 2.45) is 5.92 Å². The average Bonchev–Trinajstić information content (AvgIpc) is 3.40. The highest BCUT2D eigenvalue weighted by atomic mass is 16.5. The Bertz CT molecular complexity index is 839. The largest absolute Gasteiger partial charge is 0.444 e. The monoisotopic (exact) mass is 348 g/mol. The van der Waals surface area contributed by atoms with Crippen molar-refractivity contribution in [2.45, 2.75) is 6.42 Å². The maximum atomic E-state index is 13.2. The number of benzene rings is 2. The van der Waals surface area contributed by atoms with Gasteiger partial charge in [-0.3, -0.25) is 4.79 Å². The van der Waals surface area contributed by atoms with Crippen LogP contribution in [0.2, 0.25) is 0 Å². The first-order valence-corrected chi connectivity index (χ1v) is 8.75. The maximum absolute atomic E-state index is 13.2. The minimum absolute atomic E-state index is 0.00720. The van der Waals surface area contributed by atoms with E-state index in [4.69, 9.17) is 9.15 Å². The van der Waals surface area contributed by atoms with Crippen LogP contribution in [0.3, 0.4) is 0 Å². The molecule has 0 bridgehead atoms. The third-order valence-corrected chi connectivity index (χ3v) is 4.63. The number of hydrogen-bond donors (Lipinski definition) is 0. The molecule has 2 aromatic carbocycles. The third-order valence-electron chi connectivity index (χ3n) is 4.63.